The highest BCUT2D eigenvalue weighted by molar-refractivity contribution is 6.24. The minimum Gasteiger partial charge on any atom is -0.310 e. The van der Waals surface area contributed by atoms with Gasteiger partial charge in [-0.3, -0.25) is 9.97 Å². The number of fused-ring (bicyclic) bond motifs is 8. The van der Waals surface area contributed by atoms with Crippen LogP contribution in [-0.4, -0.2) is 9.97 Å². The van der Waals surface area contributed by atoms with Crippen LogP contribution in [0.5, 0.6) is 0 Å². The molecule has 0 radical (unpaired) electrons. The average Bonchev–Trinajstić information content (AvgIpc) is 3.22. The van der Waals surface area contributed by atoms with Crippen molar-refractivity contribution in [3.8, 4) is 11.1 Å². The van der Waals surface area contributed by atoms with Crippen LogP contribution in [-0.2, 0) is 5.41 Å². The van der Waals surface area contributed by atoms with Gasteiger partial charge in [0, 0.05) is 51.3 Å². The second-order valence-corrected chi connectivity index (χ2v) is 14.3. The molecule has 4 nitrogen and oxygen atoms in total. The first-order valence-electron chi connectivity index (χ1n) is 18.2. The molecule has 1 aliphatic heterocycles. The van der Waals surface area contributed by atoms with Gasteiger partial charge in [-0.25, -0.2) is 0 Å². The van der Waals surface area contributed by atoms with Crippen molar-refractivity contribution < 1.29 is 0 Å². The highest BCUT2D eigenvalue weighted by Crippen LogP contribution is 2.54. The zero-order valence-corrected chi connectivity index (χ0v) is 29.6. The second kappa shape index (κ2) is 12.2. The number of rotatable bonds is 5. The van der Waals surface area contributed by atoms with Gasteiger partial charge in [-0.15, -0.1) is 0 Å². The Hall–Kier alpha value is -6.78. The van der Waals surface area contributed by atoms with E-state index in [1.165, 1.54) is 28.1 Å². The Kier molecular flexibility index (Phi) is 7.12. The standard InChI is InChI=1S/C49H36N4/c1-49(2)43-20-12-13-21-45(43)53(46-27-24-38(32-44(46)49)52(35-16-8-4-9-17-35)36-18-10-5-11-19-36)37-23-26-40-41(31-37)39-25-22-34(33-14-6-3-7-15-33)30-42(39)48-47(40)50-28-29-51-48/h3-32H,1-2H3. The summed E-state index contributed by atoms with van der Waals surface area (Å²) in [5.74, 6) is 0. The molecule has 9 aromatic rings. The average molecular weight is 681 g/mol. The molecule has 8 aromatic carbocycles. The Labute approximate surface area is 309 Å². The van der Waals surface area contributed by atoms with Crippen molar-refractivity contribution in [3.05, 3.63) is 193 Å². The lowest BCUT2D eigenvalue weighted by molar-refractivity contribution is 0.632. The fourth-order valence-electron chi connectivity index (χ4n) is 8.33. The number of hydrogen-bond acceptors (Lipinski definition) is 4. The van der Waals surface area contributed by atoms with E-state index >= 15 is 0 Å². The summed E-state index contributed by atoms with van der Waals surface area (Å²) in [6.45, 7) is 4.70. The van der Waals surface area contributed by atoms with Gasteiger partial charge in [0.2, 0.25) is 0 Å². The molecule has 53 heavy (non-hydrogen) atoms. The Bertz CT molecular complexity index is 2770. The SMILES string of the molecule is CC1(C)c2ccccc2N(c2ccc3c(c2)c2ccc(-c4ccccc4)cc2c2nccnc32)c2ccc(N(c3ccccc3)c3ccccc3)cc21. The molecule has 0 bridgehead atoms. The second-order valence-electron chi connectivity index (χ2n) is 14.3. The van der Waals surface area contributed by atoms with Crippen LogP contribution in [0, 0.1) is 0 Å². The van der Waals surface area contributed by atoms with E-state index < -0.39 is 0 Å². The number of anilines is 6. The molecular formula is C49H36N4. The smallest absolute Gasteiger partial charge is 0.0971 e. The lowest BCUT2D eigenvalue weighted by Crippen LogP contribution is -2.31. The number of benzene rings is 8. The maximum atomic E-state index is 4.89. The summed E-state index contributed by atoms with van der Waals surface area (Å²) < 4.78 is 0. The van der Waals surface area contributed by atoms with Crippen molar-refractivity contribution in [2.45, 2.75) is 19.3 Å². The highest BCUT2D eigenvalue weighted by atomic mass is 15.2. The summed E-state index contributed by atoms with van der Waals surface area (Å²) in [4.78, 5) is 14.6. The minimum absolute atomic E-state index is 0.249. The third kappa shape index (κ3) is 4.98. The van der Waals surface area contributed by atoms with E-state index in [2.05, 4.69) is 194 Å². The highest BCUT2D eigenvalue weighted by Gasteiger charge is 2.37. The van der Waals surface area contributed by atoms with Gasteiger partial charge in [0.05, 0.1) is 22.4 Å². The van der Waals surface area contributed by atoms with Crippen LogP contribution in [0.2, 0.25) is 0 Å². The van der Waals surface area contributed by atoms with Crippen molar-refractivity contribution >= 4 is 66.7 Å². The maximum Gasteiger partial charge on any atom is 0.0971 e. The summed E-state index contributed by atoms with van der Waals surface area (Å²) in [5.41, 5.74) is 13.3. The van der Waals surface area contributed by atoms with E-state index in [0.29, 0.717) is 0 Å². The minimum atomic E-state index is -0.249. The third-order valence-corrected chi connectivity index (χ3v) is 10.9. The first-order chi connectivity index (χ1) is 26.1. The molecule has 0 saturated carbocycles. The van der Waals surface area contributed by atoms with Gasteiger partial charge < -0.3 is 9.80 Å². The van der Waals surface area contributed by atoms with E-state index in [1.54, 1.807) is 12.4 Å². The van der Waals surface area contributed by atoms with Crippen LogP contribution in [0.3, 0.4) is 0 Å². The summed E-state index contributed by atoms with van der Waals surface area (Å²) in [5, 5.41) is 4.52. The Balaban J connectivity index is 1.19. The molecule has 10 rings (SSSR count). The molecule has 0 spiro atoms. The Morgan fingerprint density at radius 3 is 1.75 bits per heavy atom. The van der Waals surface area contributed by atoms with Crippen molar-refractivity contribution in [3.63, 3.8) is 0 Å². The maximum absolute atomic E-state index is 4.89. The molecule has 0 fully saturated rings. The first-order valence-corrected chi connectivity index (χ1v) is 18.2. The van der Waals surface area contributed by atoms with Crippen LogP contribution in [0.1, 0.15) is 25.0 Å². The third-order valence-electron chi connectivity index (χ3n) is 10.9. The van der Waals surface area contributed by atoms with Gasteiger partial charge in [0.25, 0.3) is 0 Å². The monoisotopic (exact) mass is 680 g/mol. The summed E-state index contributed by atoms with van der Waals surface area (Å²) >= 11 is 0. The molecule has 1 aromatic heterocycles. The van der Waals surface area contributed by atoms with Crippen LogP contribution in [0.15, 0.2) is 182 Å². The van der Waals surface area contributed by atoms with Crippen LogP contribution < -0.4 is 9.80 Å². The van der Waals surface area contributed by atoms with Gasteiger partial charge in [-0.1, -0.05) is 117 Å². The molecule has 252 valence electrons. The topological polar surface area (TPSA) is 32.3 Å². The van der Waals surface area contributed by atoms with E-state index in [9.17, 15) is 0 Å². The predicted octanol–water partition coefficient (Wildman–Crippen LogP) is 13.2. The summed E-state index contributed by atoms with van der Waals surface area (Å²) in [6.07, 6.45) is 3.60. The molecular weight excluding hydrogens is 645 g/mol. The van der Waals surface area contributed by atoms with Gasteiger partial charge in [0.1, 0.15) is 0 Å². The lowest BCUT2D eigenvalue weighted by atomic mass is 9.73. The number of nitrogens with zero attached hydrogens (tertiary/aromatic N) is 4. The normalized spacial score (nSPS) is 13.2. The molecule has 4 heteroatoms. The first kappa shape index (κ1) is 31.0. The Morgan fingerprint density at radius 1 is 0.434 bits per heavy atom. The fourth-order valence-corrected chi connectivity index (χ4v) is 8.33. The summed E-state index contributed by atoms with van der Waals surface area (Å²) in [6, 6.07) is 61.2. The number of hydrogen-bond donors (Lipinski definition) is 0. The zero-order valence-electron chi connectivity index (χ0n) is 29.6. The molecule has 2 heterocycles. The van der Waals surface area contributed by atoms with Crippen molar-refractivity contribution in [2.24, 2.45) is 0 Å². The zero-order chi connectivity index (χ0) is 35.5. The van der Waals surface area contributed by atoms with Crippen LogP contribution >= 0.6 is 0 Å². The lowest BCUT2D eigenvalue weighted by Gasteiger charge is -2.42. The quantitative estimate of drug-likeness (QED) is 0.169. The molecule has 0 unspecified atom stereocenters. The molecule has 0 saturated heterocycles. The molecule has 0 N–H and O–H groups in total. The predicted molar refractivity (Wildman–Crippen MR) is 221 cm³/mol. The summed E-state index contributed by atoms with van der Waals surface area (Å²) in [7, 11) is 0. The molecule has 0 aliphatic carbocycles. The molecule has 0 amide bonds. The van der Waals surface area contributed by atoms with Crippen LogP contribution in [0.4, 0.5) is 34.1 Å². The number of aromatic nitrogens is 2. The van der Waals surface area contributed by atoms with E-state index in [0.717, 1.165) is 60.9 Å². The Morgan fingerprint density at radius 2 is 1.04 bits per heavy atom. The van der Waals surface area contributed by atoms with E-state index in [-0.39, 0.29) is 5.41 Å². The van der Waals surface area contributed by atoms with Crippen molar-refractivity contribution in [1.82, 2.24) is 9.97 Å². The molecule has 0 atom stereocenters. The van der Waals surface area contributed by atoms with Crippen molar-refractivity contribution in [2.75, 3.05) is 9.80 Å². The van der Waals surface area contributed by atoms with E-state index in [4.69, 9.17) is 9.97 Å². The van der Waals surface area contributed by atoms with Crippen LogP contribution in [0.25, 0.3) is 43.7 Å². The van der Waals surface area contributed by atoms with Gasteiger partial charge in [-0.05, 0) is 99.8 Å². The largest absolute Gasteiger partial charge is 0.310 e. The number of para-hydroxylation sites is 3. The fraction of sp³-hybridized carbons (Fsp3) is 0.0612. The van der Waals surface area contributed by atoms with Gasteiger partial charge in [-0.2, -0.15) is 0 Å². The molecule has 1 aliphatic rings. The van der Waals surface area contributed by atoms with Gasteiger partial charge in [0.15, 0.2) is 0 Å². The van der Waals surface area contributed by atoms with Gasteiger partial charge >= 0.3 is 0 Å². The van der Waals surface area contributed by atoms with E-state index in [1.807, 2.05) is 0 Å². The van der Waals surface area contributed by atoms with Crippen molar-refractivity contribution in [1.29, 1.82) is 0 Å².